The number of carbonyl (C=O) groups excluding carboxylic acids is 1. The normalized spacial score (nSPS) is 13.1. The molecule has 0 atom stereocenters. The molecular formula is C13H14N2O4. The van der Waals surface area contributed by atoms with Crippen molar-refractivity contribution >= 4 is 18.4 Å². The van der Waals surface area contributed by atoms with E-state index < -0.39 is 6.09 Å². The number of carbonyl (C=O) groups is 1. The first-order valence-corrected chi connectivity index (χ1v) is 5.81. The van der Waals surface area contributed by atoms with E-state index in [1.54, 1.807) is 13.0 Å². The van der Waals surface area contributed by atoms with E-state index in [1.807, 2.05) is 24.3 Å². The molecule has 0 unspecified atom stereocenters. The maximum absolute atomic E-state index is 10.9. The Morgan fingerprint density at radius 1 is 1.47 bits per heavy atom. The van der Waals surface area contributed by atoms with E-state index in [4.69, 9.17) is 9.47 Å². The quantitative estimate of drug-likeness (QED) is 0.667. The van der Waals surface area contributed by atoms with Crippen LogP contribution in [0.3, 0.4) is 0 Å². The predicted octanol–water partition coefficient (Wildman–Crippen LogP) is 2.16. The zero-order valence-electron chi connectivity index (χ0n) is 10.5. The van der Waals surface area contributed by atoms with Gasteiger partial charge in [0.1, 0.15) is 0 Å². The Morgan fingerprint density at radius 2 is 2.32 bits per heavy atom. The number of fused-ring (bicyclic) bond motifs is 1. The molecule has 6 heteroatoms. The molecule has 0 saturated carbocycles. The van der Waals surface area contributed by atoms with Gasteiger partial charge in [-0.2, -0.15) is 5.10 Å². The average molecular weight is 262 g/mol. The van der Waals surface area contributed by atoms with E-state index in [2.05, 4.69) is 15.3 Å². The number of amides is 1. The van der Waals surface area contributed by atoms with Gasteiger partial charge < -0.3 is 14.2 Å². The zero-order chi connectivity index (χ0) is 13.5. The third-order valence-corrected chi connectivity index (χ3v) is 2.28. The number of allylic oxidation sites excluding steroid dienone is 1. The predicted molar refractivity (Wildman–Crippen MR) is 70.2 cm³/mol. The van der Waals surface area contributed by atoms with E-state index in [1.165, 1.54) is 6.21 Å². The highest BCUT2D eigenvalue weighted by atomic mass is 16.7. The topological polar surface area (TPSA) is 69.2 Å². The second kappa shape index (κ2) is 6.44. The van der Waals surface area contributed by atoms with Crippen molar-refractivity contribution in [3.8, 4) is 11.5 Å². The molecule has 0 fully saturated rings. The Kier molecular flexibility index (Phi) is 4.39. The number of hydrogen-bond acceptors (Lipinski definition) is 5. The van der Waals surface area contributed by atoms with Gasteiger partial charge in [0.05, 0.1) is 6.61 Å². The molecule has 1 heterocycles. The molecular weight excluding hydrogens is 248 g/mol. The summed E-state index contributed by atoms with van der Waals surface area (Å²) in [6.45, 7) is 2.30. The van der Waals surface area contributed by atoms with Gasteiger partial charge in [-0.15, -0.1) is 0 Å². The van der Waals surface area contributed by atoms with Crippen molar-refractivity contribution in [2.75, 3.05) is 13.4 Å². The lowest BCUT2D eigenvalue weighted by Gasteiger charge is -1.97. The molecule has 6 nitrogen and oxygen atoms in total. The van der Waals surface area contributed by atoms with Crippen molar-refractivity contribution in [2.24, 2.45) is 5.10 Å². The molecule has 1 aromatic carbocycles. The number of nitrogens with one attached hydrogen (secondary N) is 1. The van der Waals surface area contributed by atoms with E-state index in [0.29, 0.717) is 6.61 Å². The summed E-state index contributed by atoms with van der Waals surface area (Å²) in [6, 6.07) is 5.61. The Hall–Kier alpha value is -2.50. The van der Waals surface area contributed by atoms with Crippen molar-refractivity contribution in [1.82, 2.24) is 5.43 Å². The smallest absolute Gasteiger partial charge is 0.427 e. The molecule has 100 valence electrons. The molecule has 19 heavy (non-hydrogen) atoms. The molecule has 1 aromatic rings. The van der Waals surface area contributed by atoms with E-state index in [0.717, 1.165) is 17.1 Å². The van der Waals surface area contributed by atoms with Crippen LogP contribution in [0.2, 0.25) is 0 Å². The minimum Gasteiger partial charge on any atom is -0.454 e. The molecule has 0 radical (unpaired) electrons. The van der Waals surface area contributed by atoms with Gasteiger partial charge in [-0.05, 0) is 30.7 Å². The van der Waals surface area contributed by atoms with Crippen molar-refractivity contribution in [3.05, 3.63) is 29.8 Å². The minimum absolute atomic E-state index is 0.257. The summed E-state index contributed by atoms with van der Waals surface area (Å²) in [7, 11) is 0. The van der Waals surface area contributed by atoms with Crippen LogP contribution in [0.15, 0.2) is 29.4 Å². The van der Waals surface area contributed by atoms with Crippen molar-refractivity contribution in [2.45, 2.75) is 6.92 Å². The first-order valence-electron chi connectivity index (χ1n) is 5.81. The fraction of sp³-hybridized carbons (Fsp3) is 0.231. The van der Waals surface area contributed by atoms with Crippen LogP contribution in [0.25, 0.3) is 6.08 Å². The number of ether oxygens (including phenoxy) is 3. The van der Waals surface area contributed by atoms with Gasteiger partial charge in [0, 0.05) is 6.21 Å². The standard InChI is InChI=1S/C13H14N2O4/c1-2-17-13(16)15-14-7-3-4-10-5-6-11-12(8-10)19-9-18-11/h3-8H,2,9H2,1H3,(H,15,16)/b4-3+,14-7-. The number of benzene rings is 1. The van der Waals surface area contributed by atoms with Crippen molar-refractivity contribution in [3.63, 3.8) is 0 Å². The molecule has 1 aliphatic rings. The van der Waals surface area contributed by atoms with E-state index >= 15 is 0 Å². The van der Waals surface area contributed by atoms with Crippen LogP contribution in [-0.2, 0) is 4.74 Å². The highest BCUT2D eigenvalue weighted by Crippen LogP contribution is 2.32. The second-order valence-corrected chi connectivity index (χ2v) is 3.58. The molecule has 1 aliphatic heterocycles. The minimum atomic E-state index is -0.574. The van der Waals surface area contributed by atoms with Crippen LogP contribution in [0, 0.1) is 0 Å². The van der Waals surface area contributed by atoms with Gasteiger partial charge in [0.2, 0.25) is 6.79 Å². The molecule has 0 spiro atoms. The lowest BCUT2D eigenvalue weighted by molar-refractivity contribution is 0.152. The van der Waals surface area contributed by atoms with Crippen LogP contribution in [0.1, 0.15) is 12.5 Å². The Balaban J connectivity index is 1.85. The van der Waals surface area contributed by atoms with Crippen LogP contribution in [0.4, 0.5) is 4.79 Å². The number of nitrogens with zero attached hydrogens (tertiary/aromatic N) is 1. The summed E-state index contributed by atoms with van der Waals surface area (Å²) in [5, 5.41) is 3.69. The molecule has 2 rings (SSSR count). The largest absolute Gasteiger partial charge is 0.454 e. The molecule has 0 bridgehead atoms. The van der Waals surface area contributed by atoms with Gasteiger partial charge in [-0.25, -0.2) is 10.2 Å². The molecule has 0 aliphatic carbocycles. The van der Waals surface area contributed by atoms with Crippen LogP contribution in [-0.4, -0.2) is 25.7 Å². The second-order valence-electron chi connectivity index (χ2n) is 3.58. The summed E-state index contributed by atoms with van der Waals surface area (Å²) in [4.78, 5) is 10.9. The number of rotatable bonds is 4. The SMILES string of the molecule is CCOC(=O)N/N=C\C=C\c1ccc2c(c1)OCO2. The first kappa shape index (κ1) is 12.9. The van der Waals surface area contributed by atoms with Gasteiger partial charge >= 0.3 is 6.09 Å². The number of hydrogen-bond donors (Lipinski definition) is 1. The molecule has 0 saturated heterocycles. The Bertz CT molecular complexity index is 511. The summed E-state index contributed by atoms with van der Waals surface area (Å²) in [6.07, 6.45) is 4.42. The van der Waals surface area contributed by atoms with E-state index in [9.17, 15) is 4.79 Å². The summed E-state index contributed by atoms with van der Waals surface area (Å²) in [5.74, 6) is 1.47. The van der Waals surface area contributed by atoms with Crippen LogP contribution in [0.5, 0.6) is 11.5 Å². The lowest BCUT2D eigenvalue weighted by Crippen LogP contribution is -2.18. The van der Waals surface area contributed by atoms with Gasteiger partial charge in [-0.1, -0.05) is 12.1 Å². The van der Waals surface area contributed by atoms with Gasteiger partial charge in [0.25, 0.3) is 0 Å². The van der Waals surface area contributed by atoms with Crippen molar-refractivity contribution < 1.29 is 19.0 Å². The molecule has 1 amide bonds. The third-order valence-electron chi connectivity index (χ3n) is 2.28. The number of hydrazone groups is 1. The zero-order valence-corrected chi connectivity index (χ0v) is 10.5. The van der Waals surface area contributed by atoms with E-state index in [-0.39, 0.29) is 6.79 Å². The summed E-state index contributed by atoms with van der Waals surface area (Å²) in [5.41, 5.74) is 3.17. The average Bonchev–Trinajstić information content (AvgIpc) is 2.86. The fourth-order valence-corrected chi connectivity index (χ4v) is 1.47. The summed E-state index contributed by atoms with van der Waals surface area (Å²) >= 11 is 0. The van der Waals surface area contributed by atoms with Gasteiger partial charge in [-0.3, -0.25) is 0 Å². The maximum atomic E-state index is 10.9. The monoisotopic (exact) mass is 262 g/mol. The molecule has 1 N–H and O–H groups in total. The third kappa shape index (κ3) is 3.74. The molecule has 0 aromatic heterocycles. The summed E-state index contributed by atoms with van der Waals surface area (Å²) < 4.78 is 15.1. The highest BCUT2D eigenvalue weighted by Gasteiger charge is 2.11. The fourth-order valence-electron chi connectivity index (χ4n) is 1.47. The first-order chi connectivity index (χ1) is 9.29. The van der Waals surface area contributed by atoms with Crippen LogP contribution >= 0.6 is 0 Å². The Labute approximate surface area is 110 Å². The van der Waals surface area contributed by atoms with Crippen LogP contribution < -0.4 is 14.9 Å². The van der Waals surface area contributed by atoms with Crippen molar-refractivity contribution in [1.29, 1.82) is 0 Å². The lowest BCUT2D eigenvalue weighted by atomic mass is 10.2. The highest BCUT2D eigenvalue weighted by molar-refractivity contribution is 5.79. The van der Waals surface area contributed by atoms with Gasteiger partial charge in [0.15, 0.2) is 11.5 Å². The maximum Gasteiger partial charge on any atom is 0.427 e. The Morgan fingerprint density at radius 3 is 3.16 bits per heavy atom.